The van der Waals surface area contributed by atoms with Crippen molar-refractivity contribution in [3.05, 3.63) is 0 Å². The molecule has 0 N–H and O–H groups in total. The SMILES string of the molecule is C(=N\OC1CCOCC1)/C1CC1. The molecule has 0 aromatic rings. The summed E-state index contributed by atoms with van der Waals surface area (Å²) in [6.07, 6.45) is 6.80. The molecule has 0 atom stereocenters. The molecule has 0 unspecified atom stereocenters. The maximum absolute atomic E-state index is 5.32. The molecule has 0 amide bonds. The summed E-state index contributed by atoms with van der Waals surface area (Å²) in [5, 5.41) is 3.98. The molecule has 68 valence electrons. The van der Waals surface area contributed by atoms with Crippen LogP contribution in [0.15, 0.2) is 5.16 Å². The third kappa shape index (κ3) is 2.48. The quantitative estimate of drug-likeness (QED) is 0.474. The highest BCUT2D eigenvalue weighted by molar-refractivity contribution is 5.62. The Kier molecular flexibility index (Phi) is 2.61. The van der Waals surface area contributed by atoms with Crippen molar-refractivity contribution >= 4 is 6.21 Å². The molecule has 12 heavy (non-hydrogen) atoms. The molecule has 1 heterocycles. The highest BCUT2D eigenvalue weighted by Gasteiger charge is 2.19. The fourth-order valence-corrected chi connectivity index (χ4v) is 1.23. The van der Waals surface area contributed by atoms with Crippen molar-refractivity contribution < 1.29 is 9.57 Å². The average molecular weight is 169 g/mol. The van der Waals surface area contributed by atoms with Gasteiger partial charge in [0.2, 0.25) is 0 Å². The Morgan fingerprint density at radius 3 is 2.58 bits per heavy atom. The largest absolute Gasteiger partial charge is 0.393 e. The lowest BCUT2D eigenvalue weighted by molar-refractivity contribution is -0.0296. The first-order valence-corrected chi connectivity index (χ1v) is 4.72. The van der Waals surface area contributed by atoms with Crippen LogP contribution in [-0.2, 0) is 9.57 Å². The van der Waals surface area contributed by atoms with Crippen molar-refractivity contribution in [2.75, 3.05) is 13.2 Å². The van der Waals surface area contributed by atoms with E-state index in [0.29, 0.717) is 12.0 Å². The number of hydrogen-bond donors (Lipinski definition) is 0. The molecule has 0 radical (unpaired) electrons. The van der Waals surface area contributed by atoms with Crippen LogP contribution in [0, 0.1) is 5.92 Å². The van der Waals surface area contributed by atoms with Crippen LogP contribution < -0.4 is 0 Å². The van der Waals surface area contributed by atoms with E-state index in [1.165, 1.54) is 12.8 Å². The molecule has 2 aliphatic rings. The number of oxime groups is 1. The van der Waals surface area contributed by atoms with Crippen LogP contribution in [-0.4, -0.2) is 25.5 Å². The van der Waals surface area contributed by atoms with Crippen molar-refractivity contribution in [1.82, 2.24) is 0 Å². The highest BCUT2D eigenvalue weighted by Crippen LogP contribution is 2.26. The highest BCUT2D eigenvalue weighted by atomic mass is 16.6. The third-order valence-corrected chi connectivity index (χ3v) is 2.27. The zero-order valence-corrected chi connectivity index (χ0v) is 7.24. The van der Waals surface area contributed by atoms with Crippen molar-refractivity contribution in [3.8, 4) is 0 Å². The normalized spacial score (nSPS) is 26.3. The summed E-state index contributed by atoms with van der Waals surface area (Å²) in [7, 11) is 0. The van der Waals surface area contributed by atoms with Crippen LogP contribution in [0.2, 0.25) is 0 Å². The minimum atomic E-state index is 0.300. The van der Waals surface area contributed by atoms with Gasteiger partial charge in [-0.1, -0.05) is 5.16 Å². The Labute approximate surface area is 72.7 Å². The van der Waals surface area contributed by atoms with Crippen LogP contribution in [0.1, 0.15) is 25.7 Å². The molecule has 1 aliphatic carbocycles. The summed E-state index contributed by atoms with van der Waals surface area (Å²) in [5.41, 5.74) is 0. The maximum Gasteiger partial charge on any atom is 0.131 e. The summed E-state index contributed by atoms with van der Waals surface area (Å²) >= 11 is 0. The smallest absolute Gasteiger partial charge is 0.131 e. The van der Waals surface area contributed by atoms with Gasteiger partial charge in [0.1, 0.15) is 6.10 Å². The van der Waals surface area contributed by atoms with Crippen LogP contribution in [0.25, 0.3) is 0 Å². The number of rotatable bonds is 3. The molecule has 3 nitrogen and oxygen atoms in total. The molecule has 0 aromatic carbocycles. The van der Waals surface area contributed by atoms with E-state index in [1.54, 1.807) is 0 Å². The van der Waals surface area contributed by atoms with Gasteiger partial charge < -0.3 is 9.57 Å². The molecule has 1 saturated carbocycles. The topological polar surface area (TPSA) is 30.8 Å². The van der Waals surface area contributed by atoms with Crippen molar-refractivity contribution in [2.24, 2.45) is 11.1 Å². The summed E-state index contributed by atoms with van der Waals surface area (Å²) in [6, 6.07) is 0. The van der Waals surface area contributed by atoms with E-state index < -0.39 is 0 Å². The second kappa shape index (κ2) is 3.90. The van der Waals surface area contributed by atoms with Crippen molar-refractivity contribution in [3.63, 3.8) is 0 Å². The zero-order chi connectivity index (χ0) is 8.23. The lowest BCUT2D eigenvalue weighted by atomic mass is 10.2. The fraction of sp³-hybridized carbons (Fsp3) is 0.889. The van der Waals surface area contributed by atoms with Gasteiger partial charge in [0.15, 0.2) is 0 Å². The molecule has 3 heteroatoms. The summed E-state index contributed by atoms with van der Waals surface area (Å²) in [6.45, 7) is 1.65. The first-order chi connectivity index (χ1) is 5.95. The third-order valence-electron chi connectivity index (χ3n) is 2.27. The van der Waals surface area contributed by atoms with Crippen LogP contribution in [0.5, 0.6) is 0 Å². The first-order valence-electron chi connectivity index (χ1n) is 4.72. The molecule has 1 saturated heterocycles. The zero-order valence-electron chi connectivity index (χ0n) is 7.24. The molecule has 1 aliphatic heterocycles. The van der Waals surface area contributed by atoms with E-state index in [9.17, 15) is 0 Å². The molecule has 0 spiro atoms. The Hall–Kier alpha value is -0.570. The van der Waals surface area contributed by atoms with Crippen LogP contribution in [0.3, 0.4) is 0 Å². The van der Waals surface area contributed by atoms with Gasteiger partial charge in [-0.3, -0.25) is 0 Å². The molecule has 0 aromatic heterocycles. The second-order valence-corrected chi connectivity index (χ2v) is 3.51. The number of hydrogen-bond acceptors (Lipinski definition) is 3. The van der Waals surface area contributed by atoms with E-state index in [1.807, 2.05) is 6.21 Å². The van der Waals surface area contributed by atoms with E-state index in [-0.39, 0.29) is 0 Å². The molecule has 0 bridgehead atoms. The molecular weight excluding hydrogens is 154 g/mol. The summed E-state index contributed by atoms with van der Waals surface area (Å²) < 4.78 is 5.21. The van der Waals surface area contributed by atoms with Gasteiger partial charge >= 0.3 is 0 Å². The Morgan fingerprint density at radius 1 is 1.17 bits per heavy atom. The second-order valence-electron chi connectivity index (χ2n) is 3.51. The van der Waals surface area contributed by atoms with E-state index >= 15 is 0 Å². The maximum atomic E-state index is 5.32. The summed E-state index contributed by atoms with van der Waals surface area (Å²) in [4.78, 5) is 5.32. The Balaban J connectivity index is 1.63. The molecule has 2 rings (SSSR count). The van der Waals surface area contributed by atoms with Crippen molar-refractivity contribution in [2.45, 2.75) is 31.8 Å². The fourth-order valence-electron chi connectivity index (χ4n) is 1.23. The van der Waals surface area contributed by atoms with E-state index in [0.717, 1.165) is 26.1 Å². The van der Waals surface area contributed by atoms with Crippen LogP contribution in [0.4, 0.5) is 0 Å². The van der Waals surface area contributed by atoms with E-state index in [4.69, 9.17) is 9.57 Å². The Morgan fingerprint density at radius 2 is 1.92 bits per heavy atom. The number of ether oxygens (including phenoxy) is 1. The summed E-state index contributed by atoms with van der Waals surface area (Å²) in [5.74, 6) is 0.713. The number of nitrogens with zero attached hydrogens (tertiary/aromatic N) is 1. The minimum Gasteiger partial charge on any atom is -0.393 e. The van der Waals surface area contributed by atoms with Crippen molar-refractivity contribution in [1.29, 1.82) is 0 Å². The van der Waals surface area contributed by atoms with Gasteiger partial charge in [-0.2, -0.15) is 0 Å². The van der Waals surface area contributed by atoms with Gasteiger partial charge in [-0.25, -0.2) is 0 Å². The van der Waals surface area contributed by atoms with Gasteiger partial charge in [0.05, 0.1) is 13.2 Å². The standard InChI is InChI=1S/C9H15NO2/c1-2-8(1)7-10-12-9-3-5-11-6-4-9/h7-9H,1-6H2/b10-7+. The van der Waals surface area contributed by atoms with E-state index in [2.05, 4.69) is 5.16 Å². The first kappa shape index (κ1) is 8.05. The minimum absolute atomic E-state index is 0.300. The van der Waals surface area contributed by atoms with Crippen LogP contribution >= 0.6 is 0 Å². The van der Waals surface area contributed by atoms with Gasteiger partial charge in [-0.05, 0) is 18.8 Å². The Bertz CT molecular complexity index is 160. The van der Waals surface area contributed by atoms with Gasteiger partial charge in [0, 0.05) is 19.1 Å². The average Bonchev–Trinajstić information content (AvgIpc) is 2.90. The molecular formula is C9H15NO2. The lowest BCUT2D eigenvalue weighted by Crippen LogP contribution is -2.21. The molecule has 2 fully saturated rings. The van der Waals surface area contributed by atoms with Gasteiger partial charge in [-0.15, -0.1) is 0 Å². The predicted molar refractivity (Wildman–Crippen MR) is 46.1 cm³/mol. The van der Waals surface area contributed by atoms with Gasteiger partial charge in [0.25, 0.3) is 0 Å². The monoisotopic (exact) mass is 169 g/mol. The predicted octanol–water partition coefficient (Wildman–Crippen LogP) is 1.58. The lowest BCUT2D eigenvalue weighted by Gasteiger charge is -2.19.